The Labute approximate surface area is 179 Å². The van der Waals surface area contributed by atoms with Crippen LogP contribution in [0.4, 0.5) is 0 Å². The maximum absolute atomic E-state index is 10.5. The van der Waals surface area contributed by atoms with Gasteiger partial charge in [-0.15, -0.1) is 0 Å². The number of benzene rings is 1. The minimum absolute atomic E-state index is 0.0842. The summed E-state index contributed by atoms with van der Waals surface area (Å²) >= 11 is 0. The van der Waals surface area contributed by atoms with Crippen LogP contribution in [0.5, 0.6) is 5.75 Å². The van der Waals surface area contributed by atoms with Gasteiger partial charge >= 0.3 is 0 Å². The van der Waals surface area contributed by atoms with E-state index in [1.807, 2.05) is 0 Å². The Morgan fingerprint density at radius 2 is 1.93 bits per heavy atom. The zero-order chi connectivity index (χ0) is 21.4. The zero-order valence-corrected chi connectivity index (χ0v) is 20.7. The highest BCUT2D eigenvalue weighted by atomic mass is 28.4. The molecule has 0 spiro atoms. The topological polar surface area (TPSA) is 29.5 Å². The molecule has 2 saturated carbocycles. The molecule has 1 aromatic carbocycles. The van der Waals surface area contributed by atoms with Crippen molar-refractivity contribution >= 4 is 14.4 Å². The molecular weight excluding hydrogens is 372 g/mol. The molecule has 1 N–H and O–H groups in total. The van der Waals surface area contributed by atoms with Crippen molar-refractivity contribution in [2.45, 2.75) is 91.0 Å². The van der Waals surface area contributed by atoms with E-state index in [-0.39, 0.29) is 11.1 Å². The first-order chi connectivity index (χ1) is 13.4. The standard InChI is InChI=1S/C26H42O2Si/c1-19(22-15-16-23-24(27)12-9-17-26(22,23)5)13-14-20-10-8-11-21(18-20)28-29(6,7)25(2,3)4/h8,10-11,13-14,18-19,22-24,27H,9,12,15-17H2,1-7H3/b14-13+/t19-,22+,23-,24-,26+/m0/s1. The predicted octanol–water partition coefficient (Wildman–Crippen LogP) is 7.30. The fourth-order valence-corrected chi connectivity index (χ4v) is 6.60. The van der Waals surface area contributed by atoms with Crippen molar-refractivity contribution in [1.82, 2.24) is 0 Å². The van der Waals surface area contributed by atoms with Gasteiger partial charge < -0.3 is 9.53 Å². The van der Waals surface area contributed by atoms with Gasteiger partial charge in [-0.1, -0.05) is 65.3 Å². The molecule has 0 heterocycles. The molecule has 0 amide bonds. The molecule has 1 aromatic rings. The third kappa shape index (κ3) is 4.66. The quantitative estimate of drug-likeness (QED) is 0.512. The number of rotatable bonds is 5. The second kappa shape index (κ2) is 8.23. The van der Waals surface area contributed by atoms with Gasteiger partial charge in [0.15, 0.2) is 0 Å². The highest BCUT2D eigenvalue weighted by molar-refractivity contribution is 6.74. The van der Waals surface area contributed by atoms with E-state index in [4.69, 9.17) is 4.43 Å². The van der Waals surface area contributed by atoms with E-state index in [0.29, 0.717) is 23.2 Å². The Balaban J connectivity index is 1.70. The fourth-order valence-electron chi connectivity index (χ4n) is 5.58. The second-order valence-electron chi connectivity index (χ2n) is 11.4. The van der Waals surface area contributed by atoms with Gasteiger partial charge in [-0.2, -0.15) is 0 Å². The van der Waals surface area contributed by atoms with Gasteiger partial charge in [-0.05, 0) is 84.7 Å². The normalized spacial score (nSPS) is 31.7. The van der Waals surface area contributed by atoms with Crippen molar-refractivity contribution in [3.8, 4) is 5.75 Å². The van der Waals surface area contributed by atoms with Crippen molar-refractivity contribution in [2.24, 2.45) is 23.2 Å². The van der Waals surface area contributed by atoms with Crippen molar-refractivity contribution in [3.05, 3.63) is 35.9 Å². The van der Waals surface area contributed by atoms with Gasteiger partial charge in [0.2, 0.25) is 8.32 Å². The van der Waals surface area contributed by atoms with Crippen molar-refractivity contribution in [2.75, 3.05) is 0 Å². The maximum Gasteiger partial charge on any atom is 0.250 e. The molecule has 2 nitrogen and oxygen atoms in total. The molecule has 162 valence electrons. The lowest BCUT2D eigenvalue weighted by atomic mass is 9.62. The van der Waals surface area contributed by atoms with E-state index in [1.165, 1.54) is 31.2 Å². The van der Waals surface area contributed by atoms with Gasteiger partial charge in [0.25, 0.3) is 0 Å². The molecule has 3 heteroatoms. The molecule has 0 unspecified atom stereocenters. The van der Waals surface area contributed by atoms with Gasteiger partial charge in [0.05, 0.1) is 6.10 Å². The minimum Gasteiger partial charge on any atom is -0.543 e. The number of allylic oxidation sites excluding steroid dienone is 1. The van der Waals surface area contributed by atoms with Crippen molar-refractivity contribution < 1.29 is 9.53 Å². The maximum atomic E-state index is 10.5. The molecule has 29 heavy (non-hydrogen) atoms. The highest BCUT2D eigenvalue weighted by Gasteiger charge is 2.51. The first-order valence-electron chi connectivity index (χ1n) is 11.6. The Kier molecular flexibility index (Phi) is 6.42. The number of aliphatic hydroxyl groups excluding tert-OH is 1. The first kappa shape index (κ1) is 22.6. The Morgan fingerprint density at radius 3 is 2.62 bits per heavy atom. The Bertz CT molecular complexity index is 732. The molecule has 5 atom stereocenters. The molecule has 2 aliphatic rings. The smallest absolute Gasteiger partial charge is 0.250 e. The third-order valence-corrected chi connectivity index (χ3v) is 12.8. The van der Waals surface area contributed by atoms with Crippen LogP contribution in [-0.4, -0.2) is 19.5 Å². The second-order valence-corrected chi connectivity index (χ2v) is 16.1. The van der Waals surface area contributed by atoms with Crippen LogP contribution in [-0.2, 0) is 0 Å². The van der Waals surface area contributed by atoms with Crippen LogP contribution in [0.1, 0.15) is 72.3 Å². The van der Waals surface area contributed by atoms with E-state index < -0.39 is 8.32 Å². The van der Waals surface area contributed by atoms with Gasteiger partial charge in [-0.3, -0.25) is 0 Å². The molecule has 2 fully saturated rings. The summed E-state index contributed by atoms with van der Waals surface area (Å²) in [5.41, 5.74) is 1.52. The van der Waals surface area contributed by atoms with E-state index in [2.05, 4.69) is 84.1 Å². The van der Waals surface area contributed by atoms with Crippen LogP contribution in [0, 0.1) is 23.2 Å². The first-order valence-corrected chi connectivity index (χ1v) is 14.5. The van der Waals surface area contributed by atoms with Gasteiger partial charge in [-0.25, -0.2) is 0 Å². The summed E-state index contributed by atoms with van der Waals surface area (Å²) in [7, 11) is -1.82. The summed E-state index contributed by atoms with van der Waals surface area (Å²) in [5.74, 6) is 2.69. The third-order valence-electron chi connectivity index (χ3n) is 8.43. The van der Waals surface area contributed by atoms with Crippen LogP contribution in [0.15, 0.2) is 30.3 Å². The molecule has 3 rings (SSSR count). The number of hydrogen-bond acceptors (Lipinski definition) is 2. The molecule has 0 saturated heterocycles. The molecular formula is C26H42O2Si. The van der Waals surface area contributed by atoms with Crippen molar-refractivity contribution in [1.29, 1.82) is 0 Å². The van der Waals surface area contributed by atoms with Gasteiger partial charge in [0, 0.05) is 0 Å². The molecule has 0 aromatic heterocycles. The summed E-state index contributed by atoms with van der Waals surface area (Å²) in [6.07, 6.45) is 10.5. The lowest BCUT2D eigenvalue weighted by Crippen LogP contribution is -2.43. The number of aliphatic hydroxyl groups is 1. The Morgan fingerprint density at radius 1 is 1.21 bits per heavy atom. The van der Waals surface area contributed by atoms with E-state index in [0.717, 1.165) is 12.2 Å². The molecule has 0 radical (unpaired) electrons. The minimum atomic E-state index is -1.82. The van der Waals surface area contributed by atoms with Crippen LogP contribution < -0.4 is 4.43 Å². The fraction of sp³-hybridized carbons (Fsp3) is 0.692. The summed E-state index contributed by atoms with van der Waals surface area (Å²) in [6.45, 7) is 16.2. The Hall–Kier alpha value is -1.06. The number of hydrogen-bond donors (Lipinski definition) is 1. The average Bonchev–Trinajstić information content (AvgIpc) is 2.97. The number of fused-ring (bicyclic) bond motifs is 1. The van der Waals surface area contributed by atoms with E-state index in [9.17, 15) is 5.11 Å². The highest BCUT2D eigenvalue weighted by Crippen LogP contribution is 2.57. The molecule has 0 aliphatic heterocycles. The van der Waals surface area contributed by atoms with Crippen LogP contribution in [0.25, 0.3) is 6.08 Å². The summed E-state index contributed by atoms with van der Waals surface area (Å²) in [4.78, 5) is 0. The lowest BCUT2D eigenvalue weighted by molar-refractivity contribution is -0.0230. The van der Waals surface area contributed by atoms with Crippen LogP contribution in [0.3, 0.4) is 0 Å². The summed E-state index contributed by atoms with van der Waals surface area (Å²) in [6, 6.07) is 8.56. The largest absolute Gasteiger partial charge is 0.543 e. The summed E-state index contributed by atoms with van der Waals surface area (Å²) < 4.78 is 6.49. The summed E-state index contributed by atoms with van der Waals surface area (Å²) in [5, 5.41) is 10.7. The predicted molar refractivity (Wildman–Crippen MR) is 127 cm³/mol. The van der Waals surface area contributed by atoms with E-state index >= 15 is 0 Å². The van der Waals surface area contributed by atoms with E-state index in [1.54, 1.807) is 0 Å². The average molecular weight is 415 g/mol. The lowest BCUT2D eigenvalue weighted by Gasteiger charge is -2.44. The van der Waals surface area contributed by atoms with Crippen molar-refractivity contribution in [3.63, 3.8) is 0 Å². The van der Waals surface area contributed by atoms with Crippen LogP contribution >= 0.6 is 0 Å². The molecule has 2 aliphatic carbocycles. The SMILES string of the molecule is C[C@@H](/C=C/c1cccc(O[Si](C)(C)C(C)(C)C)c1)[C@H]1CC[C@H]2[C@@H](O)CCC[C@]12C. The van der Waals surface area contributed by atoms with Crippen LogP contribution in [0.2, 0.25) is 18.1 Å². The van der Waals surface area contributed by atoms with Gasteiger partial charge in [0.1, 0.15) is 5.75 Å². The monoisotopic (exact) mass is 414 g/mol. The molecule has 0 bridgehead atoms. The zero-order valence-electron chi connectivity index (χ0n) is 19.7.